The summed E-state index contributed by atoms with van der Waals surface area (Å²) >= 11 is 0. The van der Waals surface area contributed by atoms with Crippen LogP contribution in [0.1, 0.15) is 6.92 Å². The van der Waals surface area contributed by atoms with E-state index in [4.69, 9.17) is 10.9 Å². The predicted molar refractivity (Wildman–Crippen MR) is 56.0 cm³/mol. The van der Waals surface area contributed by atoms with Crippen LogP contribution in [0.15, 0.2) is 12.4 Å². The van der Waals surface area contributed by atoms with Crippen molar-refractivity contribution in [2.24, 2.45) is 5.84 Å². The van der Waals surface area contributed by atoms with E-state index in [2.05, 4.69) is 20.7 Å². The van der Waals surface area contributed by atoms with Gasteiger partial charge in [0.25, 0.3) is 0 Å². The maximum Gasteiger partial charge on any atom is 0.160 e. The fraction of sp³-hybridized carbons (Fsp3) is 0.500. The molecule has 15 heavy (non-hydrogen) atoms. The molecule has 1 aromatic rings. The van der Waals surface area contributed by atoms with Gasteiger partial charge < -0.3 is 21.0 Å². The number of hydrogen-bond acceptors (Lipinski definition) is 7. The lowest BCUT2D eigenvalue weighted by atomic mass is 10.1. The predicted octanol–water partition coefficient (Wildman–Crippen LogP) is -1.08. The highest BCUT2D eigenvalue weighted by atomic mass is 16.3. The van der Waals surface area contributed by atoms with Gasteiger partial charge in [-0.3, -0.25) is 4.98 Å². The monoisotopic (exact) mass is 213 g/mol. The van der Waals surface area contributed by atoms with Crippen molar-refractivity contribution in [1.82, 2.24) is 9.97 Å². The molecule has 6 N–H and O–H groups in total. The number of nitrogen functional groups attached to an aromatic ring is 1. The number of hydrazine groups is 1. The molecule has 0 saturated heterocycles. The van der Waals surface area contributed by atoms with Crippen molar-refractivity contribution in [3.05, 3.63) is 12.4 Å². The number of nitrogens with one attached hydrogen (secondary N) is 2. The molecule has 1 unspecified atom stereocenters. The number of aliphatic hydroxyl groups excluding tert-OH is 1. The topological polar surface area (TPSA) is 116 Å². The summed E-state index contributed by atoms with van der Waals surface area (Å²) in [5.41, 5.74) is 1.17. The number of anilines is 2. The molecule has 0 spiro atoms. The summed E-state index contributed by atoms with van der Waals surface area (Å²) in [5.74, 6) is 6.05. The van der Waals surface area contributed by atoms with Gasteiger partial charge in [-0.2, -0.15) is 0 Å². The largest absolute Gasteiger partial charge is 0.393 e. The SMILES string of the molecule is CC(O)(CO)CNc1cncc(NN)n1. The first-order chi connectivity index (χ1) is 7.07. The number of nitrogens with zero attached hydrogens (tertiary/aromatic N) is 2. The van der Waals surface area contributed by atoms with Gasteiger partial charge in [0.15, 0.2) is 5.82 Å². The van der Waals surface area contributed by atoms with Gasteiger partial charge in [-0.25, -0.2) is 10.8 Å². The van der Waals surface area contributed by atoms with E-state index >= 15 is 0 Å². The molecular formula is C8H15N5O2. The van der Waals surface area contributed by atoms with Gasteiger partial charge in [-0.1, -0.05) is 0 Å². The zero-order valence-corrected chi connectivity index (χ0v) is 8.44. The average molecular weight is 213 g/mol. The van der Waals surface area contributed by atoms with E-state index in [9.17, 15) is 5.11 Å². The van der Waals surface area contributed by atoms with Gasteiger partial charge in [0.2, 0.25) is 0 Å². The second-order valence-electron chi connectivity index (χ2n) is 3.44. The van der Waals surface area contributed by atoms with Crippen molar-refractivity contribution >= 4 is 11.6 Å². The van der Waals surface area contributed by atoms with Gasteiger partial charge >= 0.3 is 0 Å². The van der Waals surface area contributed by atoms with Gasteiger partial charge in [0, 0.05) is 6.54 Å². The Hall–Kier alpha value is -1.44. The maximum absolute atomic E-state index is 9.51. The Kier molecular flexibility index (Phi) is 3.78. The molecule has 7 heteroatoms. The third-order valence-corrected chi connectivity index (χ3v) is 1.77. The van der Waals surface area contributed by atoms with E-state index in [0.29, 0.717) is 11.6 Å². The Morgan fingerprint density at radius 3 is 2.73 bits per heavy atom. The zero-order valence-electron chi connectivity index (χ0n) is 8.44. The van der Waals surface area contributed by atoms with E-state index in [1.165, 1.54) is 19.3 Å². The molecule has 0 amide bonds. The van der Waals surface area contributed by atoms with Crippen LogP contribution >= 0.6 is 0 Å². The van der Waals surface area contributed by atoms with Gasteiger partial charge in [0.05, 0.1) is 19.0 Å². The highest BCUT2D eigenvalue weighted by Crippen LogP contribution is 2.07. The minimum atomic E-state index is -1.19. The molecule has 7 nitrogen and oxygen atoms in total. The summed E-state index contributed by atoms with van der Waals surface area (Å²) in [5, 5.41) is 21.2. The molecule has 1 heterocycles. The van der Waals surface area contributed by atoms with Gasteiger partial charge in [0.1, 0.15) is 11.4 Å². The molecule has 1 aromatic heterocycles. The summed E-state index contributed by atoms with van der Waals surface area (Å²) in [4.78, 5) is 7.90. The van der Waals surface area contributed by atoms with E-state index in [0.717, 1.165) is 0 Å². The third kappa shape index (κ3) is 3.66. The minimum Gasteiger partial charge on any atom is -0.393 e. The first kappa shape index (κ1) is 11.6. The fourth-order valence-corrected chi connectivity index (χ4v) is 0.858. The lowest BCUT2D eigenvalue weighted by molar-refractivity contribution is 0.0131. The van der Waals surface area contributed by atoms with Crippen molar-refractivity contribution < 1.29 is 10.2 Å². The normalized spacial score (nSPS) is 14.4. The number of hydrogen-bond donors (Lipinski definition) is 5. The third-order valence-electron chi connectivity index (χ3n) is 1.77. The molecule has 1 rings (SSSR count). The Morgan fingerprint density at radius 2 is 2.13 bits per heavy atom. The summed E-state index contributed by atoms with van der Waals surface area (Å²) in [7, 11) is 0. The highest BCUT2D eigenvalue weighted by molar-refractivity contribution is 5.40. The Labute approximate surface area is 87.3 Å². The Bertz CT molecular complexity index is 318. The maximum atomic E-state index is 9.51. The summed E-state index contributed by atoms with van der Waals surface area (Å²) < 4.78 is 0. The first-order valence-electron chi connectivity index (χ1n) is 4.43. The quantitative estimate of drug-likeness (QED) is 0.312. The van der Waals surface area contributed by atoms with Gasteiger partial charge in [-0.05, 0) is 6.92 Å². The lowest BCUT2D eigenvalue weighted by Gasteiger charge is -2.20. The fourth-order valence-electron chi connectivity index (χ4n) is 0.858. The second-order valence-corrected chi connectivity index (χ2v) is 3.44. The van der Waals surface area contributed by atoms with Crippen molar-refractivity contribution in [3.63, 3.8) is 0 Å². The zero-order chi connectivity index (χ0) is 11.3. The number of rotatable bonds is 5. The summed E-state index contributed by atoms with van der Waals surface area (Å²) in [6.07, 6.45) is 2.96. The highest BCUT2D eigenvalue weighted by Gasteiger charge is 2.18. The minimum absolute atomic E-state index is 0.173. The molecular weight excluding hydrogens is 198 g/mol. The summed E-state index contributed by atoms with van der Waals surface area (Å²) in [6, 6.07) is 0. The van der Waals surface area contributed by atoms with Crippen LogP contribution < -0.4 is 16.6 Å². The molecule has 84 valence electrons. The van der Waals surface area contributed by atoms with Crippen LogP contribution in [0.4, 0.5) is 11.6 Å². The molecule has 0 aliphatic rings. The second kappa shape index (κ2) is 4.87. The molecule has 0 aromatic carbocycles. The van der Waals surface area contributed by atoms with Crippen LogP contribution in [0.5, 0.6) is 0 Å². The van der Waals surface area contributed by atoms with Crippen molar-refractivity contribution in [1.29, 1.82) is 0 Å². The first-order valence-corrected chi connectivity index (χ1v) is 4.43. The van der Waals surface area contributed by atoms with E-state index in [1.807, 2.05) is 0 Å². The average Bonchev–Trinajstić information content (AvgIpc) is 2.27. The smallest absolute Gasteiger partial charge is 0.160 e. The van der Waals surface area contributed by atoms with E-state index in [1.54, 1.807) is 0 Å². The molecule has 1 atom stereocenters. The van der Waals surface area contributed by atoms with Crippen LogP contribution in [-0.4, -0.2) is 38.9 Å². The number of aliphatic hydroxyl groups is 2. The molecule has 0 fully saturated rings. The lowest BCUT2D eigenvalue weighted by Crippen LogP contribution is -2.37. The molecule has 0 radical (unpaired) electrons. The van der Waals surface area contributed by atoms with Crippen LogP contribution in [0.2, 0.25) is 0 Å². The molecule has 0 aliphatic carbocycles. The van der Waals surface area contributed by atoms with Crippen LogP contribution in [-0.2, 0) is 0 Å². The summed E-state index contributed by atoms with van der Waals surface area (Å²) in [6.45, 7) is 1.35. The van der Waals surface area contributed by atoms with Crippen LogP contribution in [0.3, 0.4) is 0 Å². The van der Waals surface area contributed by atoms with Crippen molar-refractivity contribution in [3.8, 4) is 0 Å². The van der Waals surface area contributed by atoms with E-state index < -0.39 is 5.60 Å². The van der Waals surface area contributed by atoms with Crippen molar-refractivity contribution in [2.45, 2.75) is 12.5 Å². The Balaban J connectivity index is 2.57. The standard InChI is InChI=1S/C8H15N5O2/c1-8(15,5-14)4-11-6-2-10-3-7(12-6)13-9/h2-3,14-15H,4-5,9H2,1H3,(H2,11,12,13). The molecule has 0 saturated carbocycles. The molecule has 0 aliphatic heterocycles. The Morgan fingerprint density at radius 1 is 1.47 bits per heavy atom. The van der Waals surface area contributed by atoms with Crippen molar-refractivity contribution in [2.75, 3.05) is 23.9 Å². The number of aromatic nitrogens is 2. The molecule has 0 bridgehead atoms. The van der Waals surface area contributed by atoms with Crippen LogP contribution in [0.25, 0.3) is 0 Å². The van der Waals surface area contributed by atoms with E-state index in [-0.39, 0.29) is 13.2 Å². The number of nitrogens with two attached hydrogens (primary N) is 1. The van der Waals surface area contributed by atoms with Gasteiger partial charge in [-0.15, -0.1) is 0 Å². The van der Waals surface area contributed by atoms with Crippen LogP contribution in [0, 0.1) is 0 Å².